The van der Waals surface area contributed by atoms with E-state index in [0.29, 0.717) is 12.3 Å². The molecule has 0 aliphatic carbocycles. The number of likely N-dealkylation sites (N-methyl/N-ethyl adjacent to an activating group) is 1. The van der Waals surface area contributed by atoms with Crippen LogP contribution in [0.1, 0.15) is 18.2 Å². The van der Waals surface area contributed by atoms with Crippen molar-refractivity contribution >= 4 is 29.0 Å². The van der Waals surface area contributed by atoms with Crippen LogP contribution in [-0.2, 0) is 9.59 Å². The predicted molar refractivity (Wildman–Crippen MR) is 101 cm³/mol. The molecule has 3 aromatic rings. The molecule has 0 atom stereocenters. The number of pyridine rings is 1. The number of ether oxygens (including phenoxy) is 1. The molecular weight excluding hydrogens is 348 g/mol. The molecule has 27 heavy (non-hydrogen) atoms. The van der Waals surface area contributed by atoms with Gasteiger partial charge in [-0.15, -0.1) is 0 Å². The van der Waals surface area contributed by atoms with Crippen LogP contribution in [0.2, 0.25) is 0 Å². The van der Waals surface area contributed by atoms with Crippen molar-refractivity contribution in [3.63, 3.8) is 0 Å². The highest BCUT2D eigenvalue weighted by atomic mass is 16.5. The van der Waals surface area contributed by atoms with E-state index in [1.807, 2.05) is 45.0 Å². The molecule has 0 fully saturated rings. The van der Waals surface area contributed by atoms with E-state index >= 15 is 0 Å². The van der Waals surface area contributed by atoms with Crippen LogP contribution in [0.4, 0.5) is 5.69 Å². The largest absolute Gasteiger partial charge is 0.483 e. The highest BCUT2D eigenvalue weighted by Crippen LogP contribution is 2.37. The molecule has 1 aromatic carbocycles. The molecule has 1 amide bonds. The average molecular weight is 368 g/mol. The Balaban J connectivity index is 0.000000659. The van der Waals surface area contributed by atoms with Crippen molar-refractivity contribution in [1.82, 2.24) is 15.2 Å². The summed E-state index contributed by atoms with van der Waals surface area (Å²) >= 11 is 0. The van der Waals surface area contributed by atoms with Crippen LogP contribution in [0.3, 0.4) is 0 Å². The van der Waals surface area contributed by atoms with E-state index in [1.165, 1.54) is 0 Å². The lowest BCUT2D eigenvalue weighted by molar-refractivity contribution is -0.123. The molecule has 8 nitrogen and oxygen atoms in total. The molecule has 0 saturated carbocycles. The lowest BCUT2D eigenvalue weighted by atomic mass is 10.1. The molecule has 0 saturated heterocycles. The van der Waals surface area contributed by atoms with Gasteiger partial charge in [-0.3, -0.25) is 14.7 Å². The van der Waals surface area contributed by atoms with E-state index in [4.69, 9.17) is 19.6 Å². The van der Waals surface area contributed by atoms with Gasteiger partial charge in [-0.2, -0.15) is 5.10 Å². The Morgan fingerprint density at radius 3 is 2.63 bits per heavy atom. The Hall–Kier alpha value is -3.42. The summed E-state index contributed by atoms with van der Waals surface area (Å²) in [5, 5.41) is 15.1. The van der Waals surface area contributed by atoms with Crippen molar-refractivity contribution in [2.75, 3.05) is 18.1 Å². The minimum atomic E-state index is -0.250. The third kappa shape index (κ3) is 3.46. The van der Waals surface area contributed by atoms with Gasteiger partial charge in [0.2, 0.25) is 0 Å². The van der Waals surface area contributed by atoms with E-state index in [1.54, 1.807) is 4.90 Å². The highest BCUT2D eigenvalue weighted by molar-refractivity contribution is 6.01. The zero-order valence-corrected chi connectivity index (χ0v) is 15.3. The first-order chi connectivity index (χ1) is 13.0. The topological polar surface area (TPSA) is 108 Å². The van der Waals surface area contributed by atoms with Gasteiger partial charge >= 0.3 is 0 Å². The zero-order valence-electron chi connectivity index (χ0n) is 15.3. The fourth-order valence-electron chi connectivity index (χ4n) is 3.12. The molecule has 8 heteroatoms. The molecule has 4 rings (SSSR count). The summed E-state index contributed by atoms with van der Waals surface area (Å²) in [4.78, 5) is 26.9. The maximum atomic E-state index is 12.0. The van der Waals surface area contributed by atoms with Crippen molar-refractivity contribution in [3.05, 3.63) is 35.5 Å². The molecule has 1 aliphatic rings. The Morgan fingerprint density at radius 2 is 2.00 bits per heavy atom. The van der Waals surface area contributed by atoms with Crippen LogP contribution >= 0.6 is 0 Å². The van der Waals surface area contributed by atoms with Gasteiger partial charge in [-0.25, -0.2) is 4.98 Å². The summed E-state index contributed by atoms with van der Waals surface area (Å²) in [6.07, 6.45) is 0. The van der Waals surface area contributed by atoms with Crippen molar-refractivity contribution in [3.8, 4) is 17.1 Å². The standard InChI is InChI=1S/C18H18N4O2.CH2O2/c1-4-22-16-7-12-10(2)5-14(15-6-11(3)20-21-15)19-13(12)8-17(16)24-9-18(22)23;2-1-3/h5-8H,4,9H2,1-3H3,(H,20,21);1H,(H,2,3). The number of hydrogen-bond donors (Lipinski definition) is 2. The number of rotatable bonds is 2. The number of carbonyl (C=O) groups is 2. The van der Waals surface area contributed by atoms with Crippen LogP contribution in [0, 0.1) is 13.8 Å². The van der Waals surface area contributed by atoms with Crippen molar-refractivity contribution in [2.45, 2.75) is 20.8 Å². The van der Waals surface area contributed by atoms with Crippen LogP contribution < -0.4 is 9.64 Å². The van der Waals surface area contributed by atoms with Gasteiger partial charge in [0.15, 0.2) is 6.61 Å². The normalized spacial score (nSPS) is 12.9. The quantitative estimate of drug-likeness (QED) is 0.673. The molecule has 0 spiro atoms. The number of benzene rings is 1. The number of aromatic nitrogens is 3. The molecule has 0 bridgehead atoms. The first-order valence-corrected chi connectivity index (χ1v) is 8.47. The van der Waals surface area contributed by atoms with E-state index < -0.39 is 0 Å². The third-order valence-corrected chi connectivity index (χ3v) is 4.32. The smallest absolute Gasteiger partial charge is 0.290 e. The monoisotopic (exact) mass is 368 g/mol. The fraction of sp³-hybridized carbons (Fsp3) is 0.263. The van der Waals surface area contributed by atoms with E-state index in [0.717, 1.165) is 39.2 Å². The molecule has 140 valence electrons. The van der Waals surface area contributed by atoms with E-state index in [-0.39, 0.29) is 19.0 Å². The van der Waals surface area contributed by atoms with Crippen LogP contribution in [0.25, 0.3) is 22.3 Å². The summed E-state index contributed by atoms with van der Waals surface area (Å²) in [6, 6.07) is 7.90. The van der Waals surface area contributed by atoms with Crippen molar-refractivity contribution < 1.29 is 19.4 Å². The summed E-state index contributed by atoms with van der Waals surface area (Å²) in [6.45, 7) is 6.42. The Bertz CT molecular complexity index is 1010. The number of fused-ring (bicyclic) bond motifs is 2. The second-order valence-electron chi connectivity index (χ2n) is 6.13. The van der Waals surface area contributed by atoms with E-state index in [2.05, 4.69) is 10.2 Å². The van der Waals surface area contributed by atoms with Gasteiger partial charge in [0.25, 0.3) is 12.4 Å². The van der Waals surface area contributed by atoms with Gasteiger partial charge < -0.3 is 14.7 Å². The molecule has 0 radical (unpaired) electrons. The second kappa shape index (κ2) is 7.45. The van der Waals surface area contributed by atoms with Gasteiger partial charge in [0.1, 0.15) is 11.4 Å². The number of anilines is 1. The highest BCUT2D eigenvalue weighted by Gasteiger charge is 2.25. The van der Waals surface area contributed by atoms with Crippen LogP contribution in [0.15, 0.2) is 24.3 Å². The molecule has 0 unspecified atom stereocenters. The number of carboxylic acid groups (broad SMARTS) is 1. The number of nitrogens with one attached hydrogen (secondary N) is 1. The van der Waals surface area contributed by atoms with Gasteiger partial charge in [-0.1, -0.05) is 0 Å². The number of H-pyrrole nitrogens is 1. The van der Waals surface area contributed by atoms with Gasteiger partial charge in [0.05, 0.1) is 16.9 Å². The molecule has 3 heterocycles. The number of hydrogen-bond acceptors (Lipinski definition) is 5. The number of aromatic amines is 1. The summed E-state index contributed by atoms with van der Waals surface area (Å²) < 4.78 is 5.61. The second-order valence-corrected chi connectivity index (χ2v) is 6.13. The number of aryl methyl sites for hydroxylation is 2. The summed E-state index contributed by atoms with van der Waals surface area (Å²) in [5.74, 6) is 0.685. The zero-order chi connectivity index (χ0) is 19.6. The maximum absolute atomic E-state index is 12.0. The molecule has 1 aliphatic heterocycles. The number of carbonyl (C=O) groups excluding carboxylic acids is 1. The predicted octanol–water partition coefficient (Wildman–Crippen LogP) is 2.69. The third-order valence-electron chi connectivity index (χ3n) is 4.32. The fourth-order valence-corrected chi connectivity index (χ4v) is 3.12. The van der Waals surface area contributed by atoms with Crippen molar-refractivity contribution in [2.24, 2.45) is 0 Å². The molecule has 2 aromatic heterocycles. The number of amides is 1. The Morgan fingerprint density at radius 1 is 1.26 bits per heavy atom. The summed E-state index contributed by atoms with van der Waals surface area (Å²) in [5.41, 5.74) is 5.39. The van der Waals surface area contributed by atoms with Gasteiger partial charge in [0, 0.05) is 23.7 Å². The van der Waals surface area contributed by atoms with Crippen molar-refractivity contribution in [1.29, 1.82) is 0 Å². The molecule has 2 N–H and O–H groups in total. The lowest BCUT2D eigenvalue weighted by Crippen LogP contribution is -2.38. The van der Waals surface area contributed by atoms with Crippen LogP contribution in [0.5, 0.6) is 5.75 Å². The lowest BCUT2D eigenvalue weighted by Gasteiger charge is -2.28. The number of nitrogens with zero attached hydrogens (tertiary/aromatic N) is 3. The molecular formula is C19H20N4O4. The first-order valence-electron chi connectivity index (χ1n) is 8.47. The first kappa shape index (κ1) is 18.4. The van der Waals surface area contributed by atoms with Crippen LogP contribution in [-0.4, -0.2) is 45.8 Å². The minimum Gasteiger partial charge on any atom is -0.483 e. The Kier molecular flexibility index (Phi) is 5.07. The van der Waals surface area contributed by atoms with E-state index in [9.17, 15) is 4.79 Å². The Labute approximate surface area is 155 Å². The minimum absolute atomic E-state index is 0.0152. The summed E-state index contributed by atoms with van der Waals surface area (Å²) in [7, 11) is 0. The SMILES string of the molecule is CCN1C(=O)COc2cc3nc(-c4cc(C)[nH]n4)cc(C)c3cc21.O=CO. The average Bonchev–Trinajstić information content (AvgIpc) is 3.07. The maximum Gasteiger partial charge on any atom is 0.290 e. The van der Waals surface area contributed by atoms with Gasteiger partial charge in [-0.05, 0) is 44.5 Å².